The minimum absolute atomic E-state index is 0.228. The van der Waals surface area contributed by atoms with Crippen LogP contribution in [0.25, 0.3) is 0 Å². The zero-order valence-corrected chi connectivity index (χ0v) is 16.0. The van der Waals surface area contributed by atoms with Gasteiger partial charge in [-0.1, -0.05) is 0 Å². The van der Waals surface area contributed by atoms with Crippen LogP contribution in [0.1, 0.15) is 39.2 Å². The van der Waals surface area contributed by atoms with Crippen LogP contribution in [0.4, 0.5) is 4.79 Å². The summed E-state index contributed by atoms with van der Waals surface area (Å²) in [5, 5.41) is 0. The summed E-state index contributed by atoms with van der Waals surface area (Å²) in [4.78, 5) is 20.5. The Balaban J connectivity index is 1.82. The number of hydrogen-bond acceptors (Lipinski definition) is 4. The van der Waals surface area contributed by atoms with E-state index in [1.165, 1.54) is 5.56 Å². The van der Waals surface area contributed by atoms with Crippen molar-refractivity contribution in [3.8, 4) is 0 Å². The first kappa shape index (κ1) is 18.2. The van der Waals surface area contributed by atoms with Gasteiger partial charge >= 0.3 is 6.09 Å². The standard InChI is InChI=1S/C17H26BrN3O2/c1-17(2,3)23-16(22)20(4)14-6-9-21(10-7-14)12-13-5-8-19-15(18)11-13/h5,8,11,14H,6-7,9-10,12H2,1-4H3. The van der Waals surface area contributed by atoms with Crippen molar-refractivity contribution in [1.29, 1.82) is 0 Å². The maximum Gasteiger partial charge on any atom is 0.410 e. The lowest BCUT2D eigenvalue weighted by Gasteiger charge is -2.37. The SMILES string of the molecule is CN(C(=O)OC(C)(C)C)C1CCN(Cc2ccnc(Br)c2)CC1. The minimum atomic E-state index is -0.444. The largest absolute Gasteiger partial charge is 0.444 e. The lowest BCUT2D eigenvalue weighted by atomic mass is 10.0. The molecule has 6 heteroatoms. The van der Waals surface area contributed by atoms with E-state index in [1.807, 2.05) is 40.1 Å². The lowest BCUT2D eigenvalue weighted by Crippen LogP contribution is -2.46. The van der Waals surface area contributed by atoms with Gasteiger partial charge in [0.05, 0.1) is 0 Å². The van der Waals surface area contributed by atoms with Gasteiger partial charge in [0.15, 0.2) is 0 Å². The van der Waals surface area contributed by atoms with Crippen molar-refractivity contribution >= 4 is 22.0 Å². The third-order valence-electron chi connectivity index (χ3n) is 3.98. The zero-order chi connectivity index (χ0) is 17.0. The Morgan fingerprint density at radius 3 is 2.65 bits per heavy atom. The number of carbonyl (C=O) groups is 1. The number of likely N-dealkylation sites (tertiary alicyclic amines) is 1. The molecule has 0 saturated carbocycles. The number of piperidine rings is 1. The van der Waals surface area contributed by atoms with E-state index in [4.69, 9.17) is 4.74 Å². The smallest absolute Gasteiger partial charge is 0.410 e. The van der Waals surface area contributed by atoms with Gasteiger partial charge in [-0.2, -0.15) is 0 Å². The van der Waals surface area contributed by atoms with Crippen molar-refractivity contribution in [2.24, 2.45) is 0 Å². The molecule has 1 aliphatic rings. The molecule has 5 nitrogen and oxygen atoms in total. The number of amides is 1. The Morgan fingerprint density at radius 2 is 2.09 bits per heavy atom. The number of halogens is 1. The highest BCUT2D eigenvalue weighted by Crippen LogP contribution is 2.20. The molecule has 0 bridgehead atoms. The molecule has 128 valence electrons. The molecule has 1 amide bonds. The van der Waals surface area contributed by atoms with Gasteiger partial charge < -0.3 is 9.64 Å². The van der Waals surface area contributed by atoms with Crippen LogP contribution < -0.4 is 0 Å². The van der Waals surface area contributed by atoms with Crippen molar-refractivity contribution in [3.05, 3.63) is 28.5 Å². The van der Waals surface area contributed by atoms with Crippen LogP contribution in [0.2, 0.25) is 0 Å². The van der Waals surface area contributed by atoms with E-state index < -0.39 is 5.60 Å². The molecule has 0 aromatic carbocycles. The molecule has 1 fully saturated rings. The summed E-state index contributed by atoms with van der Waals surface area (Å²) < 4.78 is 6.32. The molecule has 1 aromatic heterocycles. The van der Waals surface area contributed by atoms with Gasteiger partial charge in [0.1, 0.15) is 10.2 Å². The van der Waals surface area contributed by atoms with Gasteiger partial charge in [0, 0.05) is 38.9 Å². The van der Waals surface area contributed by atoms with Crippen molar-refractivity contribution in [3.63, 3.8) is 0 Å². The van der Waals surface area contributed by atoms with E-state index in [1.54, 1.807) is 4.90 Å². The molecule has 0 atom stereocenters. The summed E-state index contributed by atoms with van der Waals surface area (Å²) >= 11 is 3.41. The second-order valence-corrected chi connectivity index (χ2v) is 7.90. The van der Waals surface area contributed by atoms with Crippen LogP contribution in [-0.2, 0) is 11.3 Å². The van der Waals surface area contributed by atoms with Crippen LogP contribution in [-0.4, -0.2) is 52.7 Å². The molecular weight excluding hydrogens is 358 g/mol. The molecule has 0 unspecified atom stereocenters. The summed E-state index contributed by atoms with van der Waals surface area (Å²) in [7, 11) is 1.84. The molecule has 0 radical (unpaired) electrons. The highest BCUT2D eigenvalue weighted by molar-refractivity contribution is 9.10. The molecule has 1 aromatic rings. The monoisotopic (exact) mass is 383 g/mol. The van der Waals surface area contributed by atoms with Gasteiger partial charge in [-0.25, -0.2) is 9.78 Å². The van der Waals surface area contributed by atoms with E-state index in [9.17, 15) is 4.79 Å². The van der Waals surface area contributed by atoms with E-state index in [2.05, 4.69) is 31.9 Å². The topological polar surface area (TPSA) is 45.7 Å². The van der Waals surface area contributed by atoms with Crippen LogP contribution >= 0.6 is 15.9 Å². The fourth-order valence-electron chi connectivity index (χ4n) is 2.75. The summed E-state index contributed by atoms with van der Waals surface area (Å²) in [6.07, 6.45) is 3.54. The number of ether oxygens (including phenoxy) is 1. The maximum atomic E-state index is 12.1. The summed E-state index contributed by atoms with van der Waals surface area (Å²) in [5.74, 6) is 0. The number of pyridine rings is 1. The number of aromatic nitrogens is 1. The molecular formula is C17H26BrN3O2. The number of carbonyl (C=O) groups excluding carboxylic acids is 1. The average Bonchev–Trinajstić information content (AvgIpc) is 2.45. The number of nitrogens with zero attached hydrogens (tertiary/aromatic N) is 3. The molecule has 2 rings (SSSR count). The quantitative estimate of drug-likeness (QED) is 0.746. The Hall–Kier alpha value is -1.14. The van der Waals surface area contributed by atoms with Crippen LogP contribution in [0.3, 0.4) is 0 Å². The first-order chi connectivity index (χ1) is 10.7. The first-order valence-electron chi connectivity index (χ1n) is 8.03. The van der Waals surface area contributed by atoms with E-state index in [0.717, 1.165) is 37.1 Å². The maximum absolute atomic E-state index is 12.1. The average molecular weight is 384 g/mol. The summed E-state index contributed by atoms with van der Waals surface area (Å²) in [6, 6.07) is 4.35. The van der Waals surface area contributed by atoms with Crippen LogP contribution in [0.15, 0.2) is 22.9 Å². The summed E-state index contributed by atoms with van der Waals surface area (Å²) in [6.45, 7) is 8.58. The first-order valence-corrected chi connectivity index (χ1v) is 8.82. The van der Waals surface area contributed by atoms with Crippen molar-refractivity contribution in [2.45, 2.75) is 51.8 Å². The second kappa shape index (κ2) is 7.62. The molecule has 1 saturated heterocycles. The van der Waals surface area contributed by atoms with Crippen molar-refractivity contribution < 1.29 is 9.53 Å². The Labute approximate surface area is 147 Å². The van der Waals surface area contributed by atoms with E-state index in [-0.39, 0.29) is 12.1 Å². The third-order valence-corrected chi connectivity index (χ3v) is 4.42. The molecule has 0 N–H and O–H groups in total. The van der Waals surface area contributed by atoms with Gasteiger partial charge in [0.2, 0.25) is 0 Å². The van der Waals surface area contributed by atoms with E-state index >= 15 is 0 Å². The fourth-order valence-corrected chi connectivity index (χ4v) is 3.16. The van der Waals surface area contributed by atoms with Gasteiger partial charge in [0.25, 0.3) is 0 Å². The molecule has 23 heavy (non-hydrogen) atoms. The molecule has 0 spiro atoms. The Kier molecular flexibility index (Phi) is 6.03. The highest BCUT2D eigenvalue weighted by atomic mass is 79.9. The summed E-state index contributed by atoms with van der Waals surface area (Å²) in [5.41, 5.74) is 0.812. The Bertz CT molecular complexity index is 537. The van der Waals surface area contributed by atoms with E-state index in [0.29, 0.717) is 0 Å². The Morgan fingerprint density at radius 1 is 1.43 bits per heavy atom. The van der Waals surface area contributed by atoms with Gasteiger partial charge in [-0.05, 0) is 67.2 Å². The van der Waals surface area contributed by atoms with Crippen molar-refractivity contribution in [1.82, 2.24) is 14.8 Å². The molecule has 0 aliphatic carbocycles. The highest BCUT2D eigenvalue weighted by Gasteiger charge is 2.28. The van der Waals surface area contributed by atoms with Crippen LogP contribution in [0.5, 0.6) is 0 Å². The predicted molar refractivity (Wildman–Crippen MR) is 94.2 cm³/mol. The minimum Gasteiger partial charge on any atom is -0.444 e. The molecule has 2 heterocycles. The van der Waals surface area contributed by atoms with Gasteiger partial charge in [-0.3, -0.25) is 4.90 Å². The zero-order valence-electron chi connectivity index (χ0n) is 14.4. The van der Waals surface area contributed by atoms with Gasteiger partial charge in [-0.15, -0.1) is 0 Å². The predicted octanol–water partition coefficient (Wildman–Crippen LogP) is 3.68. The second-order valence-electron chi connectivity index (χ2n) is 7.09. The van der Waals surface area contributed by atoms with Crippen molar-refractivity contribution in [2.75, 3.05) is 20.1 Å². The fraction of sp³-hybridized carbons (Fsp3) is 0.647. The van der Waals surface area contributed by atoms with Crippen LogP contribution in [0, 0.1) is 0 Å². The normalized spacial score (nSPS) is 17.1. The third kappa shape index (κ3) is 5.77. The number of hydrogen-bond donors (Lipinski definition) is 0. The number of rotatable bonds is 3. The molecule has 1 aliphatic heterocycles. The lowest BCUT2D eigenvalue weighted by molar-refractivity contribution is 0.0149.